The smallest absolute Gasteiger partial charge is 0.325 e. The van der Waals surface area contributed by atoms with Crippen LogP contribution in [0.25, 0.3) is 0 Å². The predicted octanol–water partition coefficient (Wildman–Crippen LogP) is 0.0603. The Morgan fingerprint density at radius 3 is 2.65 bits per heavy atom. The van der Waals surface area contributed by atoms with E-state index in [-0.39, 0.29) is 5.91 Å². The molecule has 1 unspecified atom stereocenters. The van der Waals surface area contributed by atoms with E-state index in [0.717, 1.165) is 0 Å². The van der Waals surface area contributed by atoms with Gasteiger partial charge in [0.1, 0.15) is 10.9 Å². The largest absolute Gasteiger partial charge is 0.352 e. The maximum Gasteiger partial charge on any atom is 0.325 e. The van der Waals surface area contributed by atoms with Crippen LogP contribution in [0.1, 0.15) is 20.8 Å². The molecule has 4 amide bonds. The fourth-order valence-electron chi connectivity index (χ4n) is 1.53. The second-order valence-electron chi connectivity index (χ2n) is 4.38. The molecule has 1 aliphatic rings. The number of rotatable bonds is 1. The normalized spacial score (nSPS) is 20.5. The topological polar surface area (TPSA) is 78.5 Å². The first-order chi connectivity index (χ1) is 7.76. The molecule has 2 N–H and O–H groups in total. The molecule has 0 radical (unpaired) electrons. The lowest BCUT2D eigenvalue weighted by atomic mass is 9.99. The van der Waals surface area contributed by atoms with E-state index in [9.17, 15) is 14.4 Å². The van der Waals surface area contributed by atoms with Gasteiger partial charge in [0.15, 0.2) is 0 Å². The second kappa shape index (κ2) is 4.91. The van der Waals surface area contributed by atoms with Crippen LogP contribution in [-0.4, -0.2) is 46.8 Å². The minimum atomic E-state index is -0.974. The summed E-state index contributed by atoms with van der Waals surface area (Å²) in [5.41, 5.74) is -0.974. The van der Waals surface area contributed by atoms with E-state index in [2.05, 4.69) is 10.6 Å². The SMILES string of the molecule is CC(Cl)C(=O)NC(=O)N1CCNC(=O)C1(C)C. The molecule has 17 heavy (non-hydrogen) atoms. The van der Waals surface area contributed by atoms with E-state index >= 15 is 0 Å². The van der Waals surface area contributed by atoms with Crippen LogP contribution in [0.3, 0.4) is 0 Å². The molecule has 0 saturated carbocycles. The van der Waals surface area contributed by atoms with Crippen LogP contribution in [-0.2, 0) is 9.59 Å². The Morgan fingerprint density at radius 2 is 2.12 bits per heavy atom. The van der Waals surface area contributed by atoms with Crippen molar-refractivity contribution in [2.45, 2.75) is 31.7 Å². The molecule has 0 aliphatic carbocycles. The van der Waals surface area contributed by atoms with Gasteiger partial charge in [-0.2, -0.15) is 0 Å². The zero-order valence-electron chi connectivity index (χ0n) is 10.0. The van der Waals surface area contributed by atoms with Crippen LogP contribution in [0.15, 0.2) is 0 Å². The van der Waals surface area contributed by atoms with Gasteiger partial charge in [0, 0.05) is 13.1 Å². The third-order valence-electron chi connectivity index (χ3n) is 2.69. The molecule has 6 nitrogen and oxygen atoms in total. The highest BCUT2D eigenvalue weighted by molar-refractivity contribution is 6.31. The van der Waals surface area contributed by atoms with Gasteiger partial charge in [-0.1, -0.05) is 0 Å². The van der Waals surface area contributed by atoms with Gasteiger partial charge < -0.3 is 10.2 Å². The van der Waals surface area contributed by atoms with Crippen molar-refractivity contribution in [2.24, 2.45) is 0 Å². The summed E-state index contributed by atoms with van der Waals surface area (Å²) in [5.74, 6) is -0.816. The van der Waals surface area contributed by atoms with E-state index in [4.69, 9.17) is 11.6 Å². The number of nitrogens with zero attached hydrogens (tertiary/aromatic N) is 1. The standard InChI is InChI=1S/C10H16ClN3O3/c1-6(11)7(15)13-9(17)14-5-4-12-8(16)10(14,2)3/h6H,4-5H2,1-3H3,(H,12,16)(H,13,15,17). The number of imide groups is 1. The van der Waals surface area contributed by atoms with Crippen LogP contribution in [0.5, 0.6) is 0 Å². The quantitative estimate of drug-likeness (QED) is 0.655. The van der Waals surface area contributed by atoms with Crippen molar-refractivity contribution in [3.63, 3.8) is 0 Å². The zero-order valence-corrected chi connectivity index (χ0v) is 10.8. The van der Waals surface area contributed by atoms with Crippen molar-refractivity contribution < 1.29 is 14.4 Å². The molecule has 1 heterocycles. The van der Waals surface area contributed by atoms with E-state index in [1.807, 2.05) is 0 Å². The fraction of sp³-hybridized carbons (Fsp3) is 0.700. The van der Waals surface area contributed by atoms with Crippen molar-refractivity contribution >= 4 is 29.4 Å². The van der Waals surface area contributed by atoms with Crippen molar-refractivity contribution in [2.75, 3.05) is 13.1 Å². The molecule has 1 fully saturated rings. The van der Waals surface area contributed by atoms with E-state index in [1.54, 1.807) is 13.8 Å². The molecule has 0 bridgehead atoms. The van der Waals surface area contributed by atoms with Gasteiger partial charge in [-0.25, -0.2) is 4.79 Å². The summed E-state index contributed by atoms with van der Waals surface area (Å²) in [4.78, 5) is 36.1. The van der Waals surface area contributed by atoms with Gasteiger partial charge in [0.2, 0.25) is 11.8 Å². The summed E-state index contributed by atoms with van der Waals surface area (Å²) in [6, 6.07) is -0.595. The lowest BCUT2D eigenvalue weighted by molar-refractivity contribution is -0.133. The van der Waals surface area contributed by atoms with Gasteiger partial charge in [0.05, 0.1) is 0 Å². The summed E-state index contributed by atoms with van der Waals surface area (Å²) >= 11 is 5.55. The Bertz CT molecular complexity index is 355. The van der Waals surface area contributed by atoms with E-state index in [0.29, 0.717) is 13.1 Å². The fourth-order valence-corrected chi connectivity index (χ4v) is 1.58. The molecule has 1 rings (SSSR count). The van der Waals surface area contributed by atoms with Crippen molar-refractivity contribution in [3.8, 4) is 0 Å². The molecule has 1 saturated heterocycles. The van der Waals surface area contributed by atoms with Crippen LogP contribution >= 0.6 is 11.6 Å². The molecule has 1 atom stereocenters. The van der Waals surface area contributed by atoms with Crippen molar-refractivity contribution in [3.05, 3.63) is 0 Å². The predicted molar refractivity (Wildman–Crippen MR) is 62.6 cm³/mol. The number of amides is 4. The van der Waals surface area contributed by atoms with Gasteiger partial charge in [-0.05, 0) is 20.8 Å². The summed E-state index contributed by atoms with van der Waals surface area (Å²) in [6.45, 7) is 5.44. The van der Waals surface area contributed by atoms with Gasteiger partial charge in [-0.15, -0.1) is 11.6 Å². The van der Waals surface area contributed by atoms with Gasteiger partial charge in [0.25, 0.3) is 0 Å². The highest BCUT2D eigenvalue weighted by Crippen LogP contribution is 2.17. The molecule has 0 aromatic carbocycles. The lowest BCUT2D eigenvalue weighted by Gasteiger charge is -2.40. The van der Waals surface area contributed by atoms with Crippen LogP contribution in [0.4, 0.5) is 4.79 Å². The average molecular weight is 262 g/mol. The van der Waals surface area contributed by atoms with Crippen LogP contribution in [0.2, 0.25) is 0 Å². The number of hydrogen-bond acceptors (Lipinski definition) is 3. The van der Waals surface area contributed by atoms with Crippen molar-refractivity contribution in [1.29, 1.82) is 0 Å². The third-order valence-corrected chi connectivity index (χ3v) is 2.89. The monoisotopic (exact) mass is 261 g/mol. The molecule has 1 aliphatic heterocycles. The maximum atomic E-state index is 11.8. The highest BCUT2D eigenvalue weighted by atomic mass is 35.5. The maximum absolute atomic E-state index is 11.8. The minimum Gasteiger partial charge on any atom is -0.352 e. The highest BCUT2D eigenvalue weighted by Gasteiger charge is 2.40. The van der Waals surface area contributed by atoms with E-state index in [1.165, 1.54) is 11.8 Å². The summed E-state index contributed by atoms with van der Waals surface area (Å²) in [5, 5.41) is 4.03. The Morgan fingerprint density at radius 1 is 1.53 bits per heavy atom. The minimum absolute atomic E-state index is 0.245. The molecule has 7 heteroatoms. The molecule has 0 spiro atoms. The summed E-state index contributed by atoms with van der Waals surface area (Å²) in [7, 11) is 0. The van der Waals surface area contributed by atoms with Crippen LogP contribution in [0, 0.1) is 0 Å². The molecule has 0 aromatic rings. The van der Waals surface area contributed by atoms with Gasteiger partial charge >= 0.3 is 6.03 Å². The van der Waals surface area contributed by atoms with E-state index < -0.39 is 22.9 Å². The number of urea groups is 1. The number of alkyl halides is 1. The number of halogens is 1. The number of hydrogen-bond donors (Lipinski definition) is 2. The molecule has 96 valence electrons. The Balaban J connectivity index is 2.75. The first-order valence-corrected chi connectivity index (χ1v) is 5.75. The molecular formula is C10H16ClN3O3. The van der Waals surface area contributed by atoms with Gasteiger partial charge in [-0.3, -0.25) is 14.9 Å². The Kier molecular flexibility index (Phi) is 3.98. The Labute approximate surface area is 105 Å². The number of carbonyl (C=O) groups is 3. The Hall–Kier alpha value is -1.30. The third kappa shape index (κ3) is 2.88. The average Bonchev–Trinajstić information content (AvgIpc) is 2.21. The van der Waals surface area contributed by atoms with Crippen molar-refractivity contribution in [1.82, 2.24) is 15.5 Å². The zero-order chi connectivity index (χ0) is 13.2. The first-order valence-electron chi connectivity index (χ1n) is 5.31. The lowest BCUT2D eigenvalue weighted by Crippen LogP contribution is -2.65. The second-order valence-corrected chi connectivity index (χ2v) is 5.03. The molecule has 0 aromatic heterocycles. The van der Waals surface area contributed by atoms with Crippen LogP contribution < -0.4 is 10.6 Å². The first kappa shape index (κ1) is 13.8. The number of nitrogens with one attached hydrogen (secondary N) is 2. The number of carbonyl (C=O) groups excluding carboxylic acids is 3. The summed E-state index contributed by atoms with van der Waals surface area (Å²) < 4.78 is 0. The molecular weight excluding hydrogens is 246 g/mol. The summed E-state index contributed by atoms with van der Waals surface area (Å²) in [6.07, 6.45) is 0. The number of piperazine rings is 1.